The van der Waals surface area contributed by atoms with Gasteiger partial charge in [-0.25, -0.2) is 9.97 Å². The van der Waals surface area contributed by atoms with Gasteiger partial charge < -0.3 is 14.5 Å². The average Bonchev–Trinajstić information content (AvgIpc) is 2.71. The van der Waals surface area contributed by atoms with E-state index in [1.165, 1.54) is 0 Å². The highest BCUT2D eigenvalue weighted by Gasteiger charge is 2.24. The maximum atomic E-state index is 13.0. The zero-order chi connectivity index (χ0) is 21.0. The molecule has 2 heterocycles. The lowest BCUT2D eigenvalue weighted by Gasteiger charge is -2.35. The largest absolute Gasteiger partial charge is 0.493 e. The number of aryl methyl sites for hydroxylation is 1. The highest BCUT2D eigenvalue weighted by molar-refractivity contribution is 5.94. The Morgan fingerprint density at radius 1 is 1.07 bits per heavy atom. The van der Waals surface area contributed by atoms with Gasteiger partial charge in [-0.2, -0.15) is 0 Å². The molecule has 1 aromatic carbocycles. The van der Waals surface area contributed by atoms with E-state index in [-0.39, 0.29) is 5.91 Å². The number of ether oxygens (including phenoxy) is 1. The first-order chi connectivity index (χ1) is 13.8. The summed E-state index contributed by atoms with van der Waals surface area (Å²) in [6.07, 6.45) is 0. The van der Waals surface area contributed by atoms with E-state index >= 15 is 0 Å². The molecule has 2 aromatic rings. The van der Waals surface area contributed by atoms with Gasteiger partial charge in [0.1, 0.15) is 17.4 Å². The molecule has 1 amide bonds. The molecule has 0 aliphatic carbocycles. The first kappa shape index (κ1) is 21.1. The number of hydrogen-bond acceptors (Lipinski definition) is 5. The van der Waals surface area contributed by atoms with Crippen LogP contribution in [0.5, 0.6) is 5.75 Å². The highest BCUT2D eigenvalue weighted by atomic mass is 16.5. The van der Waals surface area contributed by atoms with Crippen LogP contribution >= 0.6 is 0 Å². The Morgan fingerprint density at radius 3 is 2.45 bits per heavy atom. The van der Waals surface area contributed by atoms with Gasteiger partial charge in [0.25, 0.3) is 5.91 Å². The van der Waals surface area contributed by atoms with Crippen LogP contribution in [-0.2, 0) is 0 Å². The van der Waals surface area contributed by atoms with E-state index in [1.54, 1.807) is 0 Å². The fraction of sp³-hybridized carbons (Fsp3) is 0.522. The van der Waals surface area contributed by atoms with Crippen molar-refractivity contribution >= 4 is 11.7 Å². The zero-order valence-electron chi connectivity index (χ0n) is 18.2. The second-order valence-corrected chi connectivity index (χ2v) is 8.39. The molecule has 0 bridgehead atoms. The predicted molar refractivity (Wildman–Crippen MR) is 116 cm³/mol. The standard InChI is InChI=1S/C23H32N4O2/c1-16(2)15-29-20-8-6-7-19(14-20)23(28)27-11-9-26(10-12-27)21-13-18(5)24-22(25-21)17(3)4/h6-8,13-14,16-17H,9-12,15H2,1-5H3. The summed E-state index contributed by atoms with van der Waals surface area (Å²) in [6, 6.07) is 9.52. The molecule has 0 saturated carbocycles. The molecule has 1 fully saturated rings. The third-order valence-corrected chi connectivity index (χ3v) is 4.93. The molecular weight excluding hydrogens is 364 g/mol. The summed E-state index contributed by atoms with van der Waals surface area (Å²) in [7, 11) is 0. The lowest BCUT2D eigenvalue weighted by atomic mass is 10.1. The molecule has 0 N–H and O–H groups in total. The minimum absolute atomic E-state index is 0.0568. The minimum atomic E-state index is 0.0568. The number of amides is 1. The van der Waals surface area contributed by atoms with E-state index in [0.717, 1.165) is 36.2 Å². The van der Waals surface area contributed by atoms with Gasteiger partial charge in [-0.05, 0) is 31.0 Å². The normalized spacial score (nSPS) is 14.6. The van der Waals surface area contributed by atoms with Crippen LogP contribution in [0.3, 0.4) is 0 Å². The molecule has 0 spiro atoms. The smallest absolute Gasteiger partial charge is 0.254 e. The Balaban J connectivity index is 1.63. The molecule has 6 heteroatoms. The van der Waals surface area contributed by atoms with Crippen LogP contribution in [0, 0.1) is 12.8 Å². The number of carbonyl (C=O) groups excluding carboxylic acids is 1. The van der Waals surface area contributed by atoms with E-state index < -0.39 is 0 Å². The van der Waals surface area contributed by atoms with Gasteiger partial charge >= 0.3 is 0 Å². The molecule has 156 valence electrons. The number of aromatic nitrogens is 2. The van der Waals surface area contributed by atoms with Crippen molar-refractivity contribution in [2.45, 2.75) is 40.5 Å². The molecule has 0 atom stereocenters. The quantitative estimate of drug-likeness (QED) is 0.741. The number of piperazine rings is 1. The minimum Gasteiger partial charge on any atom is -0.493 e. The fourth-order valence-corrected chi connectivity index (χ4v) is 3.30. The van der Waals surface area contributed by atoms with Crippen molar-refractivity contribution in [3.8, 4) is 5.75 Å². The van der Waals surface area contributed by atoms with E-state index in [9.17, 15) is 4.79 Å². The lowest BCUT2D eigenvalue weighted by molar-refractivity contribution is 0.0746. The molecule has 1 saturated heterocycles. The third kappa shape index (κ3) is 5.46. The van der Waals surface area contributed by atoms with E-state index in [1.807, 2.05) is 42.2 Å². The fourth-order valence-electron chi connectivity index (χ4n) is 3.30. The van der Waals surface area contributed by atoms with Crippen LogP contribution in [0.4, 0.5) is 5.82 Å². The molecule has 1 aliphatic heterocycles. The van der Waals surface area contributed by atoms with Gasteiger partial charge in [0.05, 0.1) is 6.61 Å². The Morgan fingerprint density at radius 2 is 1.79 bits per heavy atom. The van der Waals surface area contributed by atoms with Crippen molar-refractivity contribution in [3.05, 3.63) is 47.4 Å². The number of nitrogens with zero attached hydrogens (tertiary/aromatic N) is 4. The molecule has 1 aromatic heterocycles. The average molecular weight is 397 g/mol. The predicted octanol–water partition coefficient (Wildman–Crippen LogP) is 3.91. The number of hydrogen-bond donors (Lipinski definition) is 0. The molecule has 1 aliphatic rings. The summed E-state index contributed by atoms with van der Waals surface area (Å²) >= 11 is 0. The van der Waals surface area contributed by atoms with Gasteiger partial charge in [-0.3, -0.25) is 4.79 Å². The van der Waals surface area contributed by atoms with Crippen LogP contribution in [-0.4, -0.2) is 53.6 Å². The maximum Gasteiger partial charge on any atom is 0.254 e. The van der Waals surface area contributed by atoms with Gasteiger partial charge in [-0.15, -0.1) is 0 Å². The summed E-state index contributed by atoms with van der Waals surface area (Å²) in [6.45, 7) is 14.0. The van der Waals surface area contributed by atoms with Gasteiger partial charge in [0.2, 0.25) is 0 Å². The van der Waals surface area contributed by atoms with Crippen molar-refractivity contribution in [3.63, 3.8) is 0 Å². The summed E-state index contributed by atoms with van der Waals surface area (Å²) in [5.41, 5.74) is 1.66. The van der Waals surface area contributed by atoms with Crippen LogP contribution in [0.15, 0.2) is 30.3 Å². The Hall–Kier alpha value is -2.63. The molecular formula is C23H32N4O2. The van der Waals surface area contributed by atoms with Crippen LogP contribution in [0.2, 0.25) is 0 Å². The zero-order valence-corrected chi connectivity index (χ0v) is 18.2. The number of carbonyl (C=O) groups is 1. The Kier molecular flexibility index (Phi) is 6.72. The van der Waals surface area contributed by atoms with Crippen LogP contribution in [0.1, 0.15) is 55.5 Å². The van der Waals surface area contributed by atoms with Crippen LogP contribution < -0.4 is 9.64 Å². The second kappa shape index (κ2) is 9.25. The third-order valence-electron chi connectivity index (χ3n) is 4.93. The SMILES string of the molecule is Cc1cc(N2CCN(C(=O)c3cccc(OCC(C)C)c3)CC2)nc(C(C)C)n1. The van der Waals surface area contributed by atoms with Gasteiger partial charge in [0.15, 0.2) is 0 Å². The number of rotatable bonds is 6. The number of anilines is 1. The summed E-state index contributed by atoms with van der Waals surface area (Å²) in [5.74, 6) is 3.38. The lowest BCUT2D eigenvalue weighted by Crippen LogP contribution is -2.49. The summed E-state index contributed by atoms with van der Waals surface area (Å²) < 4.78 is 5.77. The van der Waals surface area contributed by atoms with E-state index in [4.69, 9.17) is 9.72 Å². The van der Waals surface area contributed by atoms with Crippen molar-refractivity contribution in [1.82, 2.24) is 14.9 Å². The van der Waals surface area contributed by atoms with Gasteiger partial charge in [-0.1, -0.05) is 33.8 Å². The van der Waals surface area contributed by atoms with Crippen molar-refractivity contribution in [2.24, 2.45) is 5.92 Å². The summed E-state index contributed by atoms with van der Waals surface area (Å²) in [4.78, 5) is 26.4. The topological polar surface area (TPSA) is 58.6 Å². The Bertz CT molecular complexity index is 843. The molecule has 0 radical (unpaired) electrons. The number of benzene rings is 1. The highest BCUT2D eigenvalue weighted by Crippen LogP contribution is 2.20. The maximum absolute atomic E-state index is 13.0. The molecule has 0 unspecified atom stereocenters. The van der Waals surface area contributed by atoms with Crippen molar-refractivity contribution in [1.29, 1.82) is 0 Å². The van der Waals surface area contributed by atoms with E-state index in [0.29, 0.717) is 37.1 Å². The first-order valence-electron chi connectivity index (χ1n) is 10.5. The Labute approximate surface area is 173 Å². The first-order valence-corrected chi connectivity index (χ1v) is 10.5. The van der Waals surface area contributed by atoms with E-state index in [2.05, 4.69) is 37.6 Å². The van der Waals surface area contributed by atoms with Crippen LogP contribution in [0.25, 0.3) is 0 Å². The van der Waals surface area contributed by atoms with Crippen molar-refractivity contribution < 1.29 is 9.53 Å². The molecule has 29 heavy (non-hydrogen) atoms. The summed E-state index contributed by atoms with van der Waals surface area (Å²) in [5, 5.41) is 0. The molecule has 6 nitrogen and oxygen atoms in total. The second-order valence-electron chi connectivity index (χ2n) is 8.39. The molecule has 3 rings (SSSR count). The van der Waals surface area contributed by atoms with Crippen molar-refractivity contribution in [2.75, 3.05) is 37.7 Å². The monoisotopic (exact) mass is 396 g/mol. The van der Waals surface area contributed by atoms with Gasteiger partial charge in [0, 0.05) is 49.4 Å².